The van der Waals surface area contributed by atoms with Gasteiger partial charge in [0, 0.05) is 74.4 Å². The summed E-state index contributed by atoms with van der Waals surface area (Å²) in [5, 5.41) is 3.42. The van der Waals surface area contributed by atoms with Crippen molar-refractivity contribution in [2.75, 3.05) is 70.3 Å². The molecule has 0 amide bonds. The predicted molar refractivity (Wildman–Crippen MR) is 125 cm³/mol. The summed E-state index contributed by atoms with van der Waals surface area (Å²) in [5.74, 6) is 0.943. The van der Waals surface area contributed by atoms with Gasteiger partial charge in [0.25, 0.3) is 0 Å². The number of nitrogens with zero attached hydrogens (tertiary/aromatic N) is 4. The molecule has 2 aromatic rings. The first-order valence-electron chi connectivity index (χ1n) is 9.16. The number of benzene rings is 1. The predicted octanol–water partition coefficient (Wildman–Crippen LogP) is 3.64. The fraction of sp³-hybridized carbons (Fsp3) is 0.588. The van der Waals surface area contributed by atoms with Crippen molar-refractivity contribution >= 4 is 80.7 Å². The highest BCUT2D eigenvalue weighted by Crippen LogP contribution is 2.43. The van der Waals surface area contributed by atoms with Crippen LogP contribution in [0.2, 0.25) is 0 Å². The van der Waals surface area contributed by atoms with Crippen LogP contribution in [0.4, 0.5) is 5.95 Å². The van der Waals surface area contributed by atoms with Gasteiger partial charge in [-0.15, -0.1) is 0 Å². The molecule has 6 nitrogen and oxygen atoms in total. The van der Waals surface area contributed by atoms with E-state index in [1.165, 1.54) is 19.6 Å². The summed E-state index contributed by atoms with van der Waals surface area (Å²) < 4.78 is 3.90. The Morgan fingerprint density at radius 1 is 0.741 bits per heavy atom. The third-order valence-electron chi connectivity index (χ3n) is 5.31. The molecule has 0 radical (unpaired) electrons. The Labute approximate surface area is 192 Å². The van der Waals surface area contributed by atoms with Crippen molar-refractivity contribution in [1.29, 1.82) is 0 Å². The van der Waals surface area contributed by atoms with Gasteiger partial charge in [0.2, 0.25) is 5.95 Å². The topological polar surface area (TPSA) is 50.4 Å². The summed E-state index contributed by atoms with van der Waals surface area (Å²) in [6, 6.07) is 0. The van der Waals surface area contributed by atoms with E-state index in [1.54, 1.807) is 0 Å². The van der Waals surface area contributed by atoms with Gasteiger partial charge >= 0.3 is 0 Å². The molecule has 0 saturated carbocycles. The highest BCUT2D eigenvalue weighted by Gasteiger charge is 2.23. The second-order valence-electron chi connectivity index (χ2n) is 6.96. The summed E-state index contributed by atoms with van der Waals surface area (Å²) in [6.45, 7) is 11.1. The highest BCUT2D eigenvalue weighted by molar-refractivity contribution is 9.15. The number of anilines is 1. The van der Waals surface area contributed by atoms with Crippen molar-refractivity contribution in [2.24, 2.45) is 0 Å². The summed E-state index contributed by atoms with van der Waals surface area (Å²) >= 11 is 14.5. The maximum atomic E-state index is 4.85. The van der Waals surface area contributed by atoms with Gasteiger partial charge in [-0.2, -0.15) is 0 Å². The Balaban J connectivity index is 1.39. The van der Waals surface area contributed by atoms with E-state index in [2.05, 4.69) is 88.7 Å². The van der Waals surface area contributed by atoms with E-state index in [9.17, 15) is 0 Å². The monoisotopic (exact) mass is 626 g/mol. The maximum absolute atomic E-state index is 4.85. The number of H-pyrrole nitrogens is 1. The fourth-order valence-electron chi connectivity index (χ4n) is 3.64. The van der Waals surface area contributed by atoms with Crippen molar-refractivity contribution in [2.45, 2.75) is 0 Å². The van der Waals surface area contributed by atoms with E-state index >= 15 is 0 Å². The molecule has 2 N–H and O–H groups in total. The SMILES string of the molecule is Brc1c(Br)c(Br)c2[nH]c(N3CCN(CCN4CCNCC4)CC3)nc2c1Br. The van der Waals surface area contributed by atoms with Crippen LogP contribution in [0.15, 0.2) is 17.9 Å². The Morgan fingerprint density at radius 2 is 1.33 bits per heavy atom. The number of piperazine rings is 2. The van der Waals surface area contributed by atoms with Gasteiger partial charge in [-0.05, 0) is 63.7 Å². The lowest BCUT2D eigenvalue weighted by Crippen LogP contribution is -2.50. The number of imidazole rings is 1. The van der Waals surface area contributed by atoms with Gasteiger partial charge in [0.15, 0.2) is 0 Å². The quantitative estimate of drug-likeness (QED) is 0.400. The molecule has 148 valence electrons. The summed E-state index contributed by atoms with van der Waals surface area (Å²) in [4.78, 5) is 15.8. The lowest BCUT2D eigenvalue weighted by atomic mass is 10.3. The van der Waals surface area contributed by atoms with E-state index in [1.807, 2.05) is 0 Å². The zero-order valence-corrected chi connectivity index (χ0v) is 21.2. The molecule has 3 heterocycles. The lowest BCUT2D eigenvalue weighted by molar-refractivity contribution is 0.183. The molecular formula is C17H22Br4N6. The molecule has 0 aliphatic carbocycles. The number of aromatic amines is 1. The van der Waals surface area contributed by atoms with Crippen molar-refractivity contribution in [3.63, 3.8) is 0 Å². The van der Waals surface area contributed by atoms with Crippen LogP contribution >= 0.6 is 63.7 Å². The normalized spacial score (nSPS) is 19.9. The highest BCUT2D eigenvalue weighted by atomic mass is 79.9. The number of halogens is 4. The molecule has 2 saturated heterocycles. The van der Waals surface area contributed by atoms with Gasteiger partial charge in [-0.1, -0.05) is 0 Å². The van der Waals surface area contributed by atoms with Crippen LogP contribution in [0.5, 0.6) is 0 Å². The van der Waals surface area contributed by atoms with E-state index in [-0.39, 0.29) is 0 Å². The largest absolute Gasteiger partial charge is 0.340 e. The van der Waals surface area contributed by atoms with Crippen molar-refractivity contribution in [3.05, 3.63) is 17.9 Å². The number of rotatable bonds is 4. The third kappa shape index (κ3) is 4.41. The maximum Gasteiger partial charge on any atom is 0.203 e. The van der Waals surface area contributed by atoms with Crippen LogP contribution in [0.1, 0.15) is 0 Å². The zero-order chi connectivity index (χ0) is 19.0. The van der Waals surface area contributed by atoms with Crippen LogP contribution in [0.3, 0.4) is 0 Å². The number of fused-ring (bicyclic) bond motifs is 1. The minimum absolute atomic E-state index is 0.938. The van der Waals surface area contributed by atoms with E-state index < -0.39 is 0 Å². The lowest BCUT2D eigenvalue weighted by Gasteiger charge is -2.36. The summed E-state index contributed by atoms with van der Waals surface area (Å²) in [6.07, 6.45) is 0. The van der Waals surface area contributed by atoms with E-state index in [4.69, 9.17) is 4.98 Å². The zero-order valence-electron chi connectivity index (χ0n) is 14.9. The Morgan fingerprint density at radius 3 is 2.00 bits per heavy atom. The van der Waals surface area contributed by atoms with E-state index in [0.29, 0.717) is 0 Å². The molecule has 0 spiro atoms. The molecule has 0 bridgehead atoms. The second kappa shape index (κ2) is 8.97. The second-order valence-corrected chi connectivity index (χ2v) is 10.1. The van der Waals surface area contributed by atoms with Gasteiger partial charge < -0.3 is 15.2 Å². The van der Waals surface area contributed by atoms with Crippen LogP contribution in [0, 0.1) is 0 Å². The van der Waals surface area contributed by atoms with Crippen molar-refractivity contribution in [1.82, 2.24) is 25.1 Å². The average molecular weight is 630 g/mol. The third-order valence-corrected chi connectivity index (χ3v) is 10.1. The summed E-state index contributed by atoms with van der Waals surface area (Å²) in [5.41, 5.74) is 1.95. The van der Waals surface area contributed by atoms with Gasteiger partial charge in [-0.25, -0.2) is 4.98 Å². The molecule has 10 heteroatoms. The number of aromatic nitrogens is 2. The van der Waals surface area contributed by atoms with Crippen LogP contribution < -0.4 is 10.2 Å². The molecule has 0 atom stereocenters. The molecule has 27 heavy (non-hydrogen) atoms. The Kier molecular flexibility index (Phi) is 6.83. The minimum Gasteiger partial charge on any atom is -0.340 e. The number of hydrogen-bond donors (Lipinski definition) is 2. The van der Waals surface area contributed by atoms with Gasteiger partial charge in [0.05, 0.1) is 14.5 Å². The average Bonchev–Trinajstić information content (AvgIpc) is 3.16. The van der Waals surface area contributed by atoms with Crippen LogP contribution in [0.25, 0.3) is 11.0 Å². The first-order chi connectivity index (χ1) is 13.0. The number of hydrogen-bond acceptors (Lipinski definition) is 5. The number of nitrogens with one attached hydrogen (secondary N) is 2. The van der Waals surface area contributed by atoms with Gasteiger partial charge in [-0.3, -0.25) is 9.80 Å². The molecule has 1 aromatic heterocycles. The standard InChI is InChI=1S/C17H22Br4N6/c18-11-12(19)14(21)16-15(13(11)20)23-17(24-16)27-9-7-26(8-10-27)6-5-25-3-1-22-2-4-25/h22H,1-10H2,(H,23,24). The van der Waals surface area contributed by atoms with Crippen LogP contribution in [-0.4, -0.2) is 85.2 Å². The first kappa shape index (κ1) is 20.6. The molecule has 2 aliphatic rings. The molecule has 4 rings (SSSR count). The van der Waals surface area contributed by atoms with Crippen molar-refractivity contribution in [3.8, 4) is 0 Å². The Bertz CT molecular complexity index is 767. The molecule has 0 unspecified atom stereocenters. The van der Waals surface area contributed by atoms with Gasteiger partial charge in [0.1, 0.15) is 5.52 Å². The molecule has 2 aliphatic heterocycles. The Hall–Kier alpha value is 0.290. The fourth-order valence-corrected chi connectivity index (χ4v) is 5.92. The summed E-state index contributed by atoms with van der Waals surface area (Å²) in [7, 11) is 0. The van der Waals surface area contributed by atoms with Crippen molar-refractivity contribution < 1.29 is 0 Å². The van der Waals surface area contributed by atoms with Crippen LogP contribution in [-0.2, 0) is 0 Å². The molecular weight excluding hydrogens is 608 g/mol. The smallest absolute Gasteiger partial charge is 0.203 e. The minimum atomic E-state index is 0.938. The van der Waals surface area contributed by atoms with E-state index in [0.717, 1.165) is 80.7 Å². The molecule has 1 aromatic carbocycles. The molecule has 2 fully saturated rings. The first-order valence-corrected chi connectivity index (χ1v) is 12.3.